The summed E-state index contributed by atoms with van der Waals surface area (Å²) in [5.74, 6) is 0.924. The standard InChI is InChI=1S/C14H16FN3O.2ClH/c1-2-19-11-6-9(5-10(15)7-11)14-17-12-3-4-16-8-13(12)18-14;;/h5-7,16H,2-4,8H2,1H3,(H,17,18);2*1H. The number of nitrogens with zero attached hydrogens (tertiary/aromatic N) is 1. The van der Waals surface area contributed by atoms with Gasteiger partial charge in [-0.3, -0.25) is 0 Å². The predicted molar refractivity (Wildman–Crippen MR) is 85.1 cm³/mol. The lowest BCUT2D eigenvalue weighted by atomic mass is 10.2. The molecule has 3 rings (SSSR count). The van der Waals surface area contributed by atoms with E-state index in [1.54, 1.807) is 0 Å². The number of fused-ring (bicyclic) bond motifs is 1. The van der Waals surface area contributed by atoms with Crippen molar-refractivity contribution in [2.75, 3.05) is 13.2 Å². The van der Waals surface area contributed by atoms with Crippen molar-refractivity contribution >= 4 is 24.8 Å². The molecule has 0 amide bonds. The van der Waals surface area contributed by atoms with E-state index >= 15 is 0 Å². The number of hydrogen-bond donors (Lipinski definition) is 2. The van der Waals surface area contributed by atoms with E-state index in [1.165, 1.54) is 12.1 Å². The monoisotopic (exact) mass is 333 g/mol. The van der Waals surface area contributed by atoms with E-state index in [9.17, 15) is 4.39 Å². The molecule has 7 heteroatoms. The molecule has 2 N–H and O–H groups in total. The van der Waals surface area contributed by atoms with Crippen LogP contribution in [0.4, 0.5) is 4.39 Å². The second-order valence-electron chi connectivity index (χ2n) is 4.55. The van der Waals surface area contributed by atoms with E-state index in [4.69, 9.17) is 4.74 Å². The van der Waals surface area contributed by atoms with E-state index < -0.39 is 0 Å². The third-order valence-corrected chi connectivity index (χ3v) is 3.16. The molecular formula is C14H18Cl2FN3O. The Kier molecular flexibility index (Phi) is 6.45. The molecule has 1 aromatic carbocycles. The minimum atomic E-state index is -0.312. The molecule has 4 nitrogen and oxygen atoms in total. The van der Waals surface area contributed by atoms with Crippen molar-refractivity contribution in [3.63, 3.8) is 0 Å². The zero-order valence-electron chi connectivity index (χ0n) is 11.6. The first-order valence-corrected chi connectivity index (χ1v) is 6.48. The van der Waals surface area contributed by atoms with Gasteiger partial charge in [-0.05, 0) is 19.1 Å². The van der Waals surface area contributed by atoms with Crippen molar-refractivity contribution in [3.05, 3.63) is 35.4 Å². The van der Waals surface area contributed by atoms with Crippen molar-refractivity contribution in [2.45, 2.75) is 19.9 Å². The molecule has 1 aliphatic rings. The van der Waals surface area contributed by atoms with Crippen LogP contribution < -0.4 is 10.1 Å². The van der Waals surface area contributed by atoms with Gasteiger partial charge in [0, 0.05) is 31.1 Å². The first kappa shape index (κ1) is 17.8. The lowest BCUT2D eigenvalue weighted by Gasteiger charge is -2.09. The van der Waals surface area contributed by atoms with Gasteiger partial charge in [-0.2, -0.15) is 0 Å². The lowest BCUT2D eigenvalue weighted by molar-refractivity contribution is 0.338. The van der Waals surface area contributed by atoms with Crippen molar-refractivity contribution in [1.82, 2.24) is 15.3 Å². The van der Waals surface area contributed by atoms with Gasteiger partial charge in [-0.15, -0.1) is 24.8 Å². The maximum atomic E-state index is 13.6. The number of imidazole rings is 1. The number of nitrogens with one attached hydrogen (secondary N) is 2. The second kappa shape index (κ2) is 7.64. The Morgan fingerprint density at radius 1 is 1.29 bits per heavy atom. The fourth-order valence-corrected chi connectivity index (χ4v) is 2.30. The average Bonchev–Trinajstić information content (AvgIpc) is 2.82. The summed E-state index contributed by atoms with van der Waals surface area (Å²) < 4.78 is 18.9. The van der Waals surface area contributed by atoms with Crippen molar-refractivity contribution in [2.24, 2.45) is 0 Å². The van der Waals surface area contributed by atoms with Crippen LogP contribution in [0, 0.1) is 5.82 Å². The molecule has 0 atom stereocenters. The van der Waals surface area contributed by atoms with Crippen LogP contribution >= 0.6 is 24.8 Å². The van der Waals surface area contributed by atoms with Crippen molar-refractivity contribution in [3.8, 4) is 17.1 Å². The molecule has 0 aliphatic carbocycles. The van der Waals surface area contributed by atoms with Gasteiger partial charge in [0.2, 0.25) is 0 Å². The van der Waals surface area contributed by atoms with Gasteiger partial charge in [0.1, 0.15) is 17.4 Å². The average molecular weight is 334 g/mol. The minimum Gasteiger partial charge on any atom is -0.494 e. The Hall–Kier alpha value is -1.30. The van der Waals surface area contributed by atoms with Crippen molar-refractivity contribution < 1.29 is 9.13 Å². The number of halogens is 3. The summed E-state index contributed by atoms with van der Waals surface area (Å²) in [5, 5.41) is 3.28. The van der Waals surface area contributed by atoms with Crippen LogP contribution in [0.15, 0.2) is 18.2 Å². The Balaban J connectivity index is 0.00000110. The summed E-state index contributed by atoms with van der Waals surface area (Å²) in [4.78, 5) is 7.80. The summed E-state index contributed by atoms with van der Waals surface area (Å²) in [5.41, 5.74) is 2.87. The fourth-order valence-electron chi connectivity index (χ4n) is 2.30. The molecule has 2 aromatic rings. The zero-order chi connectivity index (χ0) is 13.2. The van der Waals surface area contributed by atoms with Crippen LogP contribution in [0.1, 0.15) is 18.3 Å². The minimum absolute atomic E-state index is 0. The molecule has 0 bridgehead atoms. The van der Waals surface area contributed by atoms with Gasteiger partial charge in [0.25, 0.3) is 0 Å². The van der Waals surface area contributed by atoms with E-state index in [1.807, 2.05) is 13.0 Å². The van der Waals surface area contributed by atoms with E-state index in [0.717, 1.165) is 36.5 Å². The number of aromatic nitrogens is 2. The van der Waals surface area contributed by atoms with E-state index in [0.29, 0.717) is 18.2 Å². The van der Waals surface area contributed by atoms with Crippen LogP contribution in [0.3, 0.4) is 0 Å². The summed E-state index contributed by atoms with van der Waals surface area (Å²) in [6.45, 7) is 4.12. The van der Waals surface area contributed by atoms with Crippen LogP contribution in [0.25, 0.3) is 11.4 Å². The second-order valence-corrected chi connectivity index (χ2v) is 4.55. The van der Waals surface area contributed by atoms with Gasteiger partial charge < -0.3 is 15.0 Å². The Labute approximate surface area is 135 Å². The van der Waals surface area contributed by atoms with Gasteiger partial charge >= 0.3 is 0 Å². The first-order chi connectivity index (χ1) is 9.26. The van der Waals surface area contributed by atoms with Crippen LogP contribution in [-0.4, -0.2) is 23.1 Å². The Morgan fingerprint density at radius 2 is 2.10 bits per heavy atom. The van der Waals surface area contributed by atoms with Gasteiger partial charge in [-0.1, -0.05) is 0 Å². The molecule has 1 aromatic heterocycles. The number of hydrogen-bond acceptors (Lipinski definition) is 3. The summed E-state index contributed by atoms with van der Waals surface area (Å²) >= 11 is 0. The SMILES string of the molecule is CCOc1cc(F)cc(-c2nc3c([nH]2)CNCC3)c1.Cl.Cl. The molecule has 0 spiro atoms. The molecule has 21 heavy (non-hydrogen) atoms. The van der Waals surface area contributed by atoms with Crippen LogP contribution in [-0.2, 0) is 13.0 Å². The molecule has 1 aliphatic heterocycles. The van der Waals surface area contributed by atoms with Gasteiger partial charge in [0.05, 0.1) is 18.0 Å². The number of ether oxygens (including phenoxy) is 1. The van der Waals surface area contributed by atoms with Gasteiger partial charge in [0.15, 0.2) is 0 Å². The topological polar surface area (TPSA) is 49.9 Å². The smallest absolute Gasteiger partial charge is 0.138 e. The number of benzene rings is 1. The van der Waals surface area contributed by atoms with Crippen LogP contribution in [0.2, 0.25) is 0 Å². The molecule has 2 heterocycles. The number of H-pyrrole nitrogens is 1. The molecule has 0 fully saturated rings. The highest BCUT2D eigenvalue weighted by Crippen LogP contribution is 2.25. The van der Waals surface area contributed by atoms with E-state index in [2.05, 4.69) is 15.3 Å². The molecule has 0 saturated heterocycles. The lowest BCUT2D eigenvalue weighted by Crippen LogP contribution is -2.23. The Morgan fingerprint density at radius 3 is 2.81 bits per heavy atom. The summed E-state index contributed by atoms with van der Waals surface area (Å²) in [7, 11) is 0. The zero-order valence-corrected chi connectivity index (χ0v) is 13.2. The summed E-state index contributed by atoms with van der Waals surface area (Å²) in [6, 6.07) is 4.67. The number of aromatic amines is 1. The van der Waals surface area contributed by atoms with Crippen LogP contribution in [0.5, 0.6) is 5.75 Å². The normalized spacial score (nSPS) is 12.9. The fraction of sp³-hybridized carbons (Fsp3) is 0.357. The first-order valence-electron chi connectivity index (χ1n) is 6.48. The van der Waals surface area contributed by atoms with Crippen molar-refractivity contribution in [1.29, 1.82) is 0 Å². The number of rotatable bonds is 3. The highest BCUT2D eigenvalue weighted by Gasteiger charge is 2.15. The van der Waals surface area contributed by atoms with Gasteiger partial charge in [-0.25, -0.2) is 9.37 Å². The quantitative estimate of drug-likeness (QED) is 0.907. The molecular weight excluding hydrogens is 316 g/mol. The third-order valence-electron chi connectivity index (χ3n) is 3.16. The highest BCUT2D eigenvalue weighted by molar-refractivity contribution is 5.85. The highest BCUT2D eigenvalue weighted by atomic mass is 35.5. The molecule has 116 valence electrons. The predicted octanol–water partition coefficient (Wildman–Crippen LogP) is 3.10. The maximum Gasteiger partial charge on any atom is 0.138 e. The molecule has 0 unspecified atom stereocenters. The largest absolute Gasteiger partial charge is 0.494 e. The van der Waals surface area contributed by atoms with E-state index in [-0.39, 0.29) is 30.6 Å². The summed E-state index contributed by atoms with van der Waals surface area (Å²) in [6.07, 6.45) is 0.902. The Bertz CT molecular complexity index is 580. The molecule has 0 radical (unpaired) electrons. The third kappa shape index (κ3) is 3.87. The molecule has 0 saturated carbocycles. The maximum absolute atomic E-state index is 13.6.